The summed E-state index contributed by atoms with van der Waals surface area (Å²) in [4.78, 5) is 10.6. The van der Waals surface area contributed by atoms with E-state index in [0.29, 0.717) is 11.1 Å². The summed E-state index contributed by atoms with van der Waals surface area (Å²) in [7, 11) is 0. The highest BCUT2D eigenvalue weighted by atomic mass is 35.5. The number of hydrogen-bond acceptors (Lipinski definition) is 2. The molecule has 0 atom stereocenters. The summed E-state index contributed by atoms with van der Waals surface area (Å²) in [6.07, 6.45) is 8.60. The maximum atomic E-state index is 10.6. The second-order valence-electron chi connectivity index (χ2n) is 3.84. The maximum Gasteiger partial charge on any atom is 0.123 e. The van der Waals surface area contributed by atoms with E-state index in [-0.39, 0.29) is 5.92 Å². The van der Waals surface area contributed by atoms with Crippen LogP contribution in [0.4, 0.5) is 0 Å². The molecular formula is C10H13ClN2O. The van der Waals surface area contributed by atoms with Crippen LogP contribution in [0.3, 0.4) is 0 Å². The van der Waals surface area contributed by atoms with Crippen molar-refractivity contribution in [1.82, 2.24) is 9.78 Å². The van der Waals surface area contributed by atoms with Crippen molar-refractivity contribution in [3.8, 4) is 0 Å². The van der Waals surface area contributed by atoms with Gasteiger partial charge >= 0.3 is 0 Å². The van der Waals surface area contributed by atoms with Crippen LogP contribution in [0.1, 0.15) is 31.7 Å². The fraction of sp³-hybridized carbons (Fsp3) is 0.600. The second kappa shape index (κ2) is 4.13. The van der Waals surface area contributed by atoms with E-state index in [1.165, 1.54) is 0 Å². The van der Waals surface area contributed by atoms with Crippen LogP contribution >= 0.6 is 11.6 Å². The number of carbonyl (C=O) groups is 1. The number of nitrogens with zero attached hydrogens (tertiary/aromatic N) is 2. The summed E-state index contributed by atoms with van der Waals surface area (Å²) in [5, 5.41) is 4.87. The molecule has 1 aliphatic rings. The Balaban J connectivity index is 1.98. The van der Waals surface area contributed by atoms with Crippen LogP contribution in [0, 0.1) is 5.92 Å². The molecule has 1 saturated carbocycles. The Morgan fingerprint density at radius 2 is 2.14 bits per heavy atom. The van der Waals surface area contributed by atoms with Gasteiger partial charge in [-0.15, -0.1) is 0 Å². The summed E-state index contributed by atoms with van der Waals surface area (Å²) in [6, 6.07) is 0.429. The largest absolute Gasteiger partial charge is 0.303 e. The average molecular weight is 213 g/mol. The number of rotatable bonds is 2. The molecule has 4 heteroatoms. The first-order chi connectivity index (χ1) is 6.79. The lowest BCUT2D eigenvalue weighted by Crippen LogP contribution is -2.19. The summed E-state index contributed by atoms with van der Waals surface area (Å²) >= 11 is 5.80. The fourth-order valence-corrected chi connectivity index (χ4v) is 2.16. The highest BCUT2D eigenvalue weighted by Crippen LogP contribution is 2.31. The predicted molar refractivity (Wildman–Crippen MR) is 54.3 cm³/mol. The normalized spacial score (nSPS) is 27.5. The molecule has 0 spiro atoms. The molecule has 0 saturated heterocycles. The predicted octanol–water partition coefficient (Wildman–Crippen LogP) is 2.47. The SMILES string of the molecule is O=CC1CCC(n2cc(Cl)cn2)CC1. The van der Waals surface area contributed by atoms with Gasteiger partial charge in [0, 0.05) is 12.1 Å². The van der Waals surface area contributed by atoms with Crippen molar-refractivity contribution in [3.63, 3.8) is 0 Å². The Morgan fingerprint density at radius 3 is 2.64 bits per heavy atom. The van der Waals surface area contributed by atoms with Gasteiger partial charge in [0.05, 0.1) is 17.3 Å². The van der Waals surface area contributed by atoms with Crippen molar-refractivity contribution in [3.05, 3.63) is 17.4 Å². The van der Waals surface area contributed by atoms with Crippen molar-refractivity contribution >= 4 is 17.9 Å². The smallest absolute Gasteiger partial charge is 0.123 e. The molecule has 3 nitrogen and oxygen atoms in total. The standard InChI is InChI=1S/C10H13ClN2O/c11-9-5-12-13(6-9)10-3-1-8(7-14)2-4-10/h5-8,10H,1-4H2. The first-order valence-electron chi connectivity index (χ1n) is 4.94. The Kier molecular flexibility index (Phi) is 2.87. The molecular weight excluding hydrogens is 200 g/mol. The monoisotopic (exact) mass is 212 g/mol. The van der Waals surface area contributed by atoms with Gasteiger partial charge in [0.1, 0.15) is 6.29 Å². The highest BCUT2D eigenvalue weighted by Gasteiger charge is 2.22. The molecule has 1 aliphatic carbocycles. The third kappa shape index (κ3) is 1.98. The summed E-state index contributed by atoms with van der Waals surface area (Å²) in [6.45, 7) is 0. The molecule has 0 unspecified atom stereocenters. The van der Waals surface area contributed by atoms with Crippen LogP contribution in [-0.2, 0) is 4.79 Å². The van der Waals surface area contributed by atoms with Gasteiger partial charge in [-0.2, -0.15) is 5.10 Å². The topological polar surface area (TPSA) is 34.9 Å². The lowest BCUT2D eigenvalue weighted by molar-refractivity contribution is -0.112. The zero-order valence-corrected chi connectivity index (χ0v) is 8.65. The third-order valence-corrected chi connectivity index (χ3v) is 3.07. The molecule has 2 rings (SSSR count). The third-order valence-electron chi connectivity index (χ3n) is 2.88. The van der Waals surface area contributed by atoms with Gasteiger partial charge in [0.15, 0.2) is 0 Å². The van der Waals surface area contributed by atoms with Crippen LogP contribution in [0.15, 0.2) is 12.4 Å². The van der Waals surface area contributed by atoms with Gasteiger partial charge in [0.2, 0.25) is 0 Å². The highest BCUT2D eigenvalue weighted by molar-refractivity contribution is 6.30. The minimum Gasteiger partial charge on any atom is -0.303 e. The number of aldehydes is 1. The molecule has 1 fully saturated rings. The summed E-state index contributed by atoms with van der Waals surface area (Å²) < 4.78 is 1.92. The molecule has 0 aromatic carbocycles. The van der Waals surface area contributed by atoms with Crippen LogP contribution in [0.5, 0.6) is 0 Å². The van der Waals surface area contributed by atoms with E-state index in [1.807, 2.05) is 10.9 Å². The molecule has 0 radical (unpaired) electrons. The zero-order chi connectivity index (χ0) is 9.97. The first-order valence-corrected chi connectivity index (χ1v) is 5.32. The van der Waals surface area contributed by atoms with Gasteiger partial charge in [-0.25, -0.2) is 0 Å². The van der Waals surface area contributed by atoms with Gasteiger partial charge < -0.3 is 4.79 Å². The van der Waals surface area contributed by atoms with Crippen LogP contribution in [0.2, 0.25) is 5.02 Å². The number of hydrogen-bond donors (Lipinski definition) is 0. The van der Waals surface area contributed by atoms with Crippen molar-refractivity contribution in [2.24, 2.45) is 5.92 Å². The quantitative estimate of drug-likeness (QED) is 0.706. The van der Waals surface area contributed by atoms with E-state index in [0.717, 1.165) is 32.0 Å². The summed E-state index contributed by atoms with van der Waals surface area (Å²) in [5.41, 5.74) is 0. The lowest BCUT2D eigenvalue weighted by atomic mass is 9.87. The lowest BCUT2D eigenvalue weighted by Gasteiger charge is -2.25. The van der Waals surface area contributed by atoms with Crippen molar-refractivity contribution in [1.29, 1.82) is 0 Å². The van der Waals surface area contributed by atoms with Gasteiger partial charge in [-0.1, -0.05) is 11.6 Å². The van der Waals surface area contributed by atoms with Crippen molar-refractivity contribution < 1.29 is 4.79 Å². The molecule has 76 valence electrons. The summed E-state index contributed by atoms with van der Waals surface area (Å²) in [5.74, 6) is 0.261. The number of carbonyl (C=O) groups excluding carboxylic acids is 1. The van der Waals surface area contributed by atoms with Crippen molar-refractivity contribution in [2.75, 3.05) is 0 Å². The number of halogens is 1. The molecule has 1 aromatic heterocycles. The minimum atomic E-state index is 0.261. The van der Waals surface area contributed by atoms with E-state index in [9.17, 15) is 4.79 Å². The Labute approximate surface area is 88.1 Å². The molecule has 0 amide bonds. The van der Waals surface area contributed by atoms with Crippen molar-refractivity contribution in [2.45, 2.75) is 31.7 Å². The van der Waals surface area contributed by atoms with E-state index < -0.39 is 0 Å². The van der Waals surface area contributed by atoms with E-state index in [2.05, 4.69) is 5.10 Å². The average Bonchev–Trinajstić information content (AvgIpc) is 2.65. The zero-order valence-electron chi connectivity index (χ0n) is 7.90. The Hall–Kier alpha value is -0.830. The Morgan fingerprint density at radius 1 is 1.43 bits per heavy atom. The maximum absolute atomic E-state index is 10.6. The molecule has 1 aromatic rings. The fourth-order valence-electron chi connectivity index (χ4n) is 2.02. The van der Waals surface area contributed by atoms with E-state index in [1.54, 1.807) is 6.20 Å². The van der Waals surface area contributed by atoms with Crippen LogP contribution in [0.25, 0.3) is 0 Å². The Bertz CT molecular complexity index is 316. The molecule has 0 bridgehead atoms. The molecule has 14 heavy (non-hydrogen) atoms. The van der Waals surface area contributed by atoms with Crippen LogP contribution in [-0.4, -0.2) is 16.1 Å². The molecule has 1 heterocycles. The van der Waals surface area contributed by atoms with Gasteiger partial charge in [-0.05, 0) is 25.7 Å². The van der Waals surface area contributed by atoms with Gasteiger partial charge in [-0.3, -0.25) is 4.68 Å². The van der Waals surface area contributed by atoms with Gasteiger partial charge in [0.25, 0.3) is 0 Å². The number of aromatic nitrogens is 2. The minimum absolute atomic E-state index is 0.261. The second-order valence-corrected chi connectivity index (χ2v) is 4.28. The molecule has 0 N–H and O–H groups in total. The first kappa shape index (κ1) is 9.71. The molecule has 0 aliphatic heterocycles. The van der Waals surface area contributed by atoms with E-state index >= 15 is 0 Å². The van der Waals surface area contributed by atoms with Crippen LogP contribution < -0.4 is 0 Å². The van der Waals surface area contributed by atoms with E-state index in [4.69, 9.17) is 11.6 Å².